The van der Waals surface area contributed by atoms with Crippen molar-refractivity contribution in [3.63, 3.8) is 0 Å². The van der Waals surface area contributed by atoms with Crippen LogP contribution in [0.25, 0.3) is 0 Å². The summed E-state index contributed by atoms with van der Waals surface area (Å²) < 4.78 is 22.8. The maximum atomic E-state index is 12.8. The number of rotatable bonds is 6. The van der Waals surface area contributed by atoms with Crippen LogP contribution < -0.4 is 9.47 Å². The molecule has 1 saturated carbocycles. The number of hydrogen-bond donors (Lipinski definition) is 0. The van der Waals surface area contributed by atoms with E-state index in [-0.39, 0.29) is 29.7 Å². The molecule has 0 aromatic heterocycles. The van der Waals surface area contributed by atoms with Crippen LogP contribution in [0.1, 0.15) is 24.8 Å². The number of Topliss-reactive ketones (excluding diaryl/α,β-unsaturated/α-hetero) is 1. The Morgan fingerprint density at radius 2 is 1.75 bits per heavy atom. The minimum atomic E-state index is -0.171. The van der Waals surface area contributed by atoms with Crippen LogP contribution in [0, 0.1) is 5.92 Å². The molecule has 0 radical (unpaired) electrons. The van der Waals surface area contributed by atoms with E-state index in [4.69, 9.17) is 18.9 Å². The second-order valence-corrected chi connectivity index (χ2v) is 7.14. The number of hydrogen-bond acceptors (Lipinski definition) is 5. The first-order chi connectivity index (χ1) is 13.7. The molecule has 5 nitrogen and oxygen atoms in total. The minimum absolute atomic E-state index is 0.00794. The molecule has 2 aromatic carbocycles. The first-order valence-corrected chi connectivity index (χ1v) is 9.60. The molecule has 1 aliphatic heterocycles. The molecule has 0 saturated heterocycles. The normalized spacial score (nSPS) is 24.0. The standard InChI is InChI=1S/C23H24O5/c1-25-17-7-9-18(10-8-17)28-22-15-27-21-13-19(11-12-20(21)23(22)24)26-14-16-5-3-2-4-6-16/h2-10,15,19-21H,11-14H2,1H3. The van der Waals surface area contributed by atoms with E-state index in [1.807, 2.05) is 18.2 Å². The second-order valence-electron chi connectivity index (χ2n) is 7.14. The molecule has 1 fully saturated rings. The zero-order valence-electron chi connectivity index (χ0n) is 15.9. The molecule has 2 aliphatic rings. The van der Waals surface area contributed by atoms with E-state index in [2.05, 4.69) is 12.1 Å². The van der Waals surface area contributed by atoms with Gasteiger partial charge in [0.05, 0.1) is 25.7 Å². The van der Waals surface area contributed by atoms with E-state index >= 15 is 0 Å². The monoisotopic (exact) mass is 380 g/mol. The van der Waals surface area contributed by atoms with Crippen LogP contribution in [-0.2, 0) is 20.9 Å². The van der Waals surface area contributed by atoms with Crippen molar-refractivity contribution in [1.82, 2.24) is 0 Å². The molecule has 28 heavy (non-hydrogen) atoms. The lowest BCUT2D eigenvalue weighted by molar-refractivity contribution is -0.134. The molecular weight excluding hydrogens is 356 g/mol. The molecule has 4 rings (SSSR count). The molecular formula is C23H24O5. The first kappa shape index (κ1) is 18.6. The summed E-state index contributed by atoms with van der Waals surface area (Å²) in [6.45, 7) is 0.582. The van der Waals surface area contributed by atoms with Crippen LogP contribution in [0.2, 0.25) is 0 Å². The van der Waals surface area contributed by atoms with Gasteiger partial charge in [-0.2, -0.15) is 0 Å². The Bertz CT molecular complexity index is 828. The summed E-state index contributed by atoms with van der Waals surface area (Å²) >= 11 is 0. The van der Waals surface area contributed by atoms with E-state index in [1.54, 1.807) is 31.4 Å². The van der Waals surface area contributed by atoms with E-state index in [0.29, 0.717) is 12.4 Å². The van der Waals surface area contributed by atoms with Gasteiger partial charge in [0, 0.05) is 6.42 Å². The Kier molecular flexibility index (Phi) is 5.63. The van der Waals surface area contributed by atoms with Gasteiger partial charge in [-0.25, -0.2) is 0 Å². The number of benzene rings is 2. The van der Waals surface area contributed by atoms with Gasteiger partial charge in [-0.3, -0.25) is 4.79 Å². The fraction of sp³-hybridized carbons (Fsp3) is 0.348. The third-order valence-electron chi connectivity index (χ3n) is 5.29. The van der Waals surface area contributed by atoms with E-state index in [9.17, 15) is 4.79 Å². The zero-order valence-corrected chi connectivity index (χ0v) is 15.9. The third-order valence-corrected chi connectivity index (χ3v) is 5.29. The maximum absolute atomic E-state index is 12.8. The molecule has 146 valence electrons. The van der Waals surface area contributed by atoms with Gasteiger partial charge in [-0.1, -0.05) is 30.3 Å². The molecule has 2 aromatic rings. The Labute approximate surface area is 164 Å². The van der Waals surface area contributed by atoms with Gasteiger partial charge < -0.3 is 18.9 Å². The van der Waals surface area contributed by atoms with Gasteiger partial charge in [0.1, 0.15) is 23.9 Å². The Balaban J connectivity index is 1.34. The highest BCUT2D eigenvalue weighted by molar-refractivity contribution is 5.96. The molecule has 0 spiro atoms. The number of allylic oxidation sites excluding steroid dienone is 1. The summed E-state index contributed by atoms with van der Waals surface area (Å²) in [7, 11) is 1.61. The number of ether oxygens (including phenoxy) is 4. The highest BCUT2D eigenvalue weighted by Crippen LogP contribution is 2.35. The van der Waals surface area contributed by atoms with E-state index < -0.39 is 0 Å². The highest BCUT2D eigenvalue weighted by Gasteiger charge is 2.41. The summed E-state index contributed by atoms with van der Waals surface area (Å²) in [6.07, 6.45) is 3.71. The van der Waals surface area contributed by atoms with Crippen molar-refractivity contribution < 1.29 is 23.7 Å². The zero-order chi connectivity index (χ0) is 19.3. The van der Waals surface area contributed by atoms with Gasteiger partial charge in [0.2, 0.25) is 11.5 Å². The fourth-order valence-electron chi connectivity index (χ4n) is 3.72. The third kappa shape index (κ3) is 4.20. The molecule has 0 N–H and O–H groups in total. The lowest BCUT2D eigenvalue weighted by Crippen LogP contribution is -2.42. The number of fused-ring (bicyclic) bond motifs is 1. The highest BCUT2D eigenvalue weighted by atomic mass is 16.5. The molecule has 1 heterocycles. The first-order valence-electron chi connectivity index (χ1n) is 9.60. The SMILES string of the molecule is COc1ccc(OC2=COC3CC(OCc4ccccc4)CCC3C2=O)cc1. The van der Waals surface area contributed by atoms with Crippen LogP contribution >= 0.6 is 0 Å². The van der Waals surface area contributed by atoms with E-state index in [0.717, 1.165) is 30.6 Å². The smallest absolute Gasteiger partial charge is 0.207 e. The number of carbonyl (C=O) groups excluding carboxylic acids is 1. The van der Waals surface area contributed by atoms with Gasteiger partial charge in [-0.15, -0.1) is 0 Å². The maximum Gasteiger partial charge on any atom is 0.207 e. The predicted octanol–water partition coefficient (Wildman–Crippen LogP) is 4.27. The fourth-order valence-corrected chi connectivity index (χ4v) is 3.72. The van der Waals surface area contributed by atoms with Crippen molar-refractivity contribution in [2.45, 2.75) is 38.1 Å². The number of carbonyl (C=O) groups is 1. The summed E-state index contributed by atoms with van der Waals surface area (Å²) in [4.78, 5) is 12.8. The number of ketones is 1. The Morgan fingerprint density at radius 1 is 1.00 bits per heavy atom. The van der Waals surface area contributed by atoms with Crippen molar-refractivity contribution in [2.24, 2.45) is 5.92 Å². The largest absolute Gasteiger partial charge is 0.497 e. The van der Waals surface area contributed by atoms with Crippen molar-refractivity contribution in [2.75, 3.05) is 7.11 Å². The van der Waals surface area contributed by atoms with Crippen molar-refractivity contribution in [3.05, 3.63) is 72.2 Å². The van der Waals surface area contributed by atoms with Crippen LogP contribution in [0.15, 0.2) is 66.6 Å². The van der Waals surface area contributed by atoms with Gasteiger partial charge in [0.25, 0.3) is 0 Å². The van der Waals surface area contributed by atoms with Crippen LogP contribution in [0.5, 0.6) is 11.5 Å². The summed E-state index contributed by atoms with van der Waals surface area (Å²) in [5.41, 5.74) is 1.15. The lowest BCUT2D eigenvalue weighted by Gasteiger charge is -2.37. The van der Waals surface area contributed by atoms with Crippen LogP contribution in [-0.4, -0.2) is 25.1 Å². The number of methoxy groups -OCH3 is 1. The second kappa shape index (κ2) is 8.48. The quantitative estimate of drug-likeness (QED) is 0.749. The molecule has 3 unspecified atom stereocenters. The van der Waals surface area contributed by atoms with Crippen molar-refractivity contribution in [1.29, 1.82) is 0 Å². The lowest BCUT2D eigenvalue weighted by atomic mass is 9.80. The molecule has 0 bridgehead atoms. The van der Waals surface area contributed by atoms with E-state index in [1.165, 1.54) is 6.26 Å². The van der Waals surface area contributed by atoms with Gasteiger partial charge in [0.15, 0.2) is 0 Å². The average Bonchev–Trinajstić information content (AvgIpc) is 2.75. The predicted molar refractivity (Wildman–Crippen MR) is 104 cm³/mol. The van der Waals surface area contributed by atoms with Crippen molar-refractivity contribution >= 4 is 5.78 Å². The molecule has 3 atom stereocenters. The van der Waals surface area contributed by atoms with Crippen molar-refractivity contribution in [3.8, 4) is 11.5 Å². The minimum Gasteiger partial charge on any atom is -0.497 e. The Morgan fingerprint density at radius 3 is 2.50 bits per heavy atom. The van der Waals surface area contributed by atoms with Crippen LogP contribution in [0.4, 0.5) is 0 Å². The summed E-state index contributed by atoms with van der Waals surface area (Å²) in [5.74, 6) is 1.42. The summed E-state index contributed by atoms with van der Waals surface area (Å²) in [5, 5.41) is 0. The molecule has 1 aliphatic carbocycles. The Hall–Kier alpha value is -2.79. The topological polar surface area (TPSA) is 54.0 Å². The average molecular weight is 380 g/mol. The molecule has 0 amide bonds. The molecule has 5 heteroatoms. The van der Waals surface area contributed by atoms with Crippen LogP contribution in [0.3, 0.4) is 0 Å². The van der Waals surface area contributed by atoms with Gasteiger partial charge >= 0.3 is 0 Å². The van der Waals surface area contributed by atoms with Gasteiger partial charge in [-0.05, 0) is 42.7 Å². The summed E-state index contributed by atoms with van der Waals surface area (Å²) in [6, 6.07) is 17.2.